The molecule has 0 spiro atoms. The van der Waals surface area contributed by atoms with Crippen LogP contribution in [0.3, 0.4) is 0 Å². The molecule has 0 aromatic carbocycles. The van der Waals surface area contributed by atoms with Crippen molar-refractivity contribution in [3.05, 3.63) is 24.0 Å². The summed E-state index contributed by atoms with van der Waals surface area (Å²) in [5, 5.41) is 7.89. The Hall–Kier alpha value is -0.440. The molecule has 72 valence electrons. The molecule has 0 bridgehead atoms. The fraction of sp³-hybridized carbons (Fsp3) is 0.600. The highest BCUT2D eigenvalue weighted by Gasteiger charge is 2.08. The molecule has 1 rings (SSSR count). The highest BCUT2D eigenvalue weighted by atomic mass is 79.9. The summed E-state index contributed by atoms with van der Waals surface area (Å²) in [7, 11) is 0. The molecule has 1 aromatic heterocycles. The molecule has 0 fully saturated rings. The Morgan fingerprint density at radius 3 is 2.77 bits per heavy atom. The summed E-state index contributed by atoms with van der Waals surface area (Å²) < 4.78 is 0. The molecule has 0 amide bonds. The molecule has 0 N–H and O–H groups in total. The third kappa shape index (κ3) is 4.36. The van der Waals surface area contributed by atoms with Crippen LogP contribution >= 0.6 is 15.9 Å². The third-order valence-electron chi connectivity index (χ3n) is 1.79. The Bertz CT molecular complexity index is 236. The van der Waals surface area contributed by atoms with Crippen LogP contribution in [0.4, 0.5) is 0 Å². The van der Waals surface area contributed by atoms with Gasteiger partial charge in [0, 0.05) is 17.4 Å². The Kier molecular flexibility index (Phi) is 4.36. The fourth-order valence-corrected chi connectivity index (χ4v) is 2.34. The smallest absolute Gasteiger partial charge is 0.0642 e. The van der Waals surface area contributed by atoms with Crippen molar-refractivity contribution < 1.29 is 0 Å². The second-order valence-corrected chi connectivity index (χ2v) is 4.94. The monoisotopic (exact) mass is 242 g/mol. The SMILES string of the molecule is CC(C)CC(Br)Cc1cccnn1. The minimum atomic E-state index is 0.518. The maximum atomic E-state index is 4.05. The lowest BCUT2D eigenvalue weighted by Crippen LogP contribution is -2.08. The normalized spacial score (nSPS) is 13.2. The van der Waals surface area contributed by atoms with Crippen molar-refractivity contribution in [3.63, 3.8) is 0 Å². The number of hydrogen-bond acceptors (Lipinski definition) is 2. The van der Waals surface area contributed by atoms with Gasteiger partial charge in [-0.05, 0) is 24.5 Å². The second-order valence-electron chi connectivity index (χ2n) is 3.65. The molecule has 3 heteroatoms. The minimum Gasteiger partial charge on any atom is -0.159 e. The van der Waals surface area contributed by atoms with E-state index in [2.05, 4.69) is 40.0 Å². The van der Waals surface area contributed by atoms with Crippen LogP contribution in [0.1, 0.15) is 26.0 Å². The van der Waals surface area contributed by atoms with Crippen LogP contribution in [0.25, 0.3) is 0 Å². The molecule has 1 atom stereocenters. The van der Waals surface area contributed by atoms with Gasteiger partial charge in [0.15, 0.2) is 0 Å². The molecule has 0 aliphatic heterocycles. The third-order valence-corrected chi connectivity index (χ3v) is 2.48. The number of alkyl halides is 1. The lowest BCUT2D eigenvalue weighted by molar-refractivity contribution is 0.567. The molecule has 1 aromatic rings. The zero-order valence-electron chi connectivity index (χ0n) is 8.07. The molecular weight excluding hydrogens is 228 g/mol. The van der Waals surface area contributed by atoms with Crippen LogP contribution in [0.5, 0.6) is 0 Å². The van der Waals surface area contributed by atoms with E-state index in [0.717, 1.165) is 18.0 Å². The molecular formula is C10H15BrN2. The van der Waals surface area contributed by atoms with E-state index >= 15 is 0 Å². The van der Waals surface area contributed by atoms with E-state index < -0.39 is 0 Å². The van der Waals surface area contributed by atoms with E-state index in [4.69, 9.17) is 0 Å². The van der Waals surface area contributed by atoms with E-state index in [9.17, 15) is 0 Å². The Balaban J connectivity index is 2.41. The first-order valence-electron chi connectivity index (χ1n) is 4.59. The van der Waals surface area contributed by atoms with Gasteiger partial charge in [0.1, 0.15) is 0 Å². The molecule has 0 aliphatic rings. The molecule has 0 aliphatic carbocycles. The maximum absolute atomic E-state index is 4.05. The van der Waals surface area contributed by atoms with Gasteiger partial charge in [-0.3, -0.25) is 0 Å². The van der Waals surface area contributed by atoms with Crippen molar-refractivity contribution in [1.29, 1.82) is 0 Å². The van der Waals surface area contributed by atoms with E-state index in [-0.39, 0.29) is 0 Å². The highest BCUT2D eigenvalue weighted by molar-refractivity contribution is 9.09. The van der Waals surface area contributed by atoms with Crippen molar-refractivity contribution in [2.24, 2.45) is 5.92 Å². The van der Waals surface area contributed by atoms with Gasteiger partial charge in [-0.2, -0.15) is 10.2 Å². The predicted octanol–water partition coefficient (Wildman–Crippen LogP) is 2.83. The number of hydrogen-bond donors (Lipinski definition) is 0. The van der Waals surface area contributed by atoms with E-state index in [1.807, 2.05) is 12.1 Å². The first-order chi connectivity index (χ1) is 6.18. The quantitative estimate of drug-likeness (QED) is 0.760. The molecule has 2 nitrogen and oxygen atoms in total. The summed E-state index contributed by atoms with van der Waals surface area (Å²) in [5.74, 6) is 0.723. The van der Waals surface area contributed by atoms with Crippen LogP contribution in [0.2, 0.25) is 0 Å². The lowest BCUT2D eigenvalue weighted by Gasteiger charge is -2.10. The molecule has 0 saturated heterocycles. The zero-order valence-corrected chi connectivity index (χ0v) is 9.66. The number of nitrogens with zero attached hydrogens (tertiary/aromatic N) is 2. The van der Waals surface area contributed by atoms with Crippen LogP contribution in [-0.2, 0) is 6.42 Å². The van der Waals surface area contributed by atoms with Crippen molar-refractivity contribution in [1.82, 2.24) is 10.2 Å². The molecule has 1 heterocycles. The van der Waals surface area contributed by atoms with Crippen LogP contribution in [-0.4, -0.2) is 15.0 Å². The van der Waals surface area contributed by atoms with Crippen LogP contribution in [0, 0.1) is 5.92 Å². The minimum absolute atomic E-state index is 0.518. The van der Waals surface area contributed by atoms with Crippen LogP contribution in [0.15, 0.2) is 18.3 Å². The maximum Gasteiger partial charge on any atom is 0.0642 e. The van der Waals surface area contributed by atoms with Gasteiger partial charge in [0.2, 0.25) is 0 Å². The second kappa shape index (κ2) is 5.32. The van der Waals surface area contributed by atoms with Gasteiger partial charge < -0.3 is 0 Å². The van der Waals surface area contributed by atoms with Crippen molar-refractivity contribution in [2.75, 3.05) is 0 Å². The summed E-state index contributed by atoms with van der Waals surface area (Å²) >= 11 is 3.65. The van der Waals surface area contributed by atoms with E-state index in [1.54, 1.807) is 6.20 Å². The fourth-order valence-electron chi connectivity index (χ4n) is 1.26. The summed E-state index contributed by atoms with van der Waals surface area (Å²) in [6.45, 7) is 4.45. The number of halogens is 1. The Morgan fingerprint density at radius 1 is 1.46 bits per heavy atom. The van der Waals surface area contributed by atoms with Crippen molar-refractivity contribution >= 4 is 15.9 Å². The van der Waals surface area contributed by atoms with Crippen molar-refractivity contribution in [2.45, 2.75) is 31.5 Å². The first kappa shape index (κ1) is 10.6. The zero-order chi connectivity index (χ0) is 9.68. The van der Waals surface area contributed by atoms with Gasteiger partial charge in [0.25, 0.3) is 0 Å². The van der Waals surface area contributed by atoms with Gasteiger partial charge >= 0.3 is 0 Å². The predicted molar refractivity (Wildman–Crippen MR) is 57.9 cm³/mol. The largest absolute Gasteiger partial charge is 0.159 e. The number of aromatic nitrogens is 2. The Morgan fingerprint density at radius 2 is 2.23 bits per heavy atom. The van der Waals surface area contributed by atoms with Gasteiger partial charge in [-0.25, -0.2) is 0 Å². The number of rotatable bonds is 4. The van der Waals surface area contributed by atoms with E-state index in [0.29, 0.717) is 4.83 Å². The Labute approximate surface area is 87.9 Å². The van der Waals surface area contributed by atoms with Gasteiger partial charge in [0.05, 0.1) is 5.69 Å². The first-order valence-corrected chi connectivity index (χ1v) is 5.50. The lowest BCUT2D eigenvalue weighted by atomic mass is 10.1. The van der Waals surface area contributed by atoms with Gasteiger partial charge in [-0.15, -0.1) is 0 Å². The van der Waals surface area contributed by atoms with E-state index in [1.165, 1.54) is 6.42 Å². The van der Waals surface area contributed by atoms with Gasteiger partial charge in [-0.1, -0.05) is 29.8 Å². The average Bonchev–Trinajstić information content (AvgIpc) is 2.04. The van der Waals surface area contributed by atoms with Crippen LogP contribution < -0.4 is 0 Å². The summed E-state index contributed by atoms with van der Waals surface area (Å²) in [5.41, 5.74) is 1.06. The summed E-state index contributed by atoms with van der Waals surface area (Å²) in [6.07, 6.45) is 3.85. The molecule has 13 heavy (non-hydrogen) atoms. The standard InChI is InChI=1S/C10H15BrN2/c1-8(2)6-9(11)7-10-4-3-5-12-13-10/h3-5,8-9H,6-7H2,1-2H3. The summed E-state index contributed by atoms with van der Waals surface area (Å²) in [6, 6.07) is 3.94. The summed E-state index contributed by atoms with van der Waals surface area (Å²) in [4.78, 5) is 0.518. The van der Waals surface area contributed by atoms with Crippen molar-refractivity contribution in [3.8, 4) is 0 Å². The highest BCUT2D eigenvalue weighted by Crippen LogP contribution is 2.16. The molecule has 0 saturated carbocycles. The molecule has 1 unspecified atom stereocenters. The average molecular weight is 243 g/mol. The topological polar surface area (TPSA) is 25.8 Å². The molecule has 0 radical (unpaired) electrons.